The Morgan fingerprint density at radius 2 is 2.07 bits per heavy atom. The van der Waals surface area contributed by atoms with E-state index >= 15 is 0 Å². The molecule has 6 heteroatoms. The van der Waals surface area contributed by atoms with Crippen molar-refractivity contribution in [1.29, 1.82) is 0 Å². The van der Waals surface area contributed by atoms with Crippen LogP contribution < -0.4 is 5.32 Å². The minimum atomic E-state index is -0.198. The van der Waals surface area contributed by atoms with Crippen LogP contribution in [0.4, 0.5) is 0 Å². The largest absolute Gasteiger partial charge is 0.368 e. The highest BCUT2D eigenvalue weighted by atomic mass is 16.5. The third-order valence-corrected chi connectivity index (χ3v) is 5.83. The van der Waals surface area contributed by atoms with Gasteiger partial charge >= 0.3 is 0 Å². The fourth-order valence-corrected chi connectivity index (χ4v) is 4.06. The summed E-state index contributed by atoms with van der Waals surface area (Å²) in [7, 11) is 0. The van der Waals surface area contributed by atoms with Crippen LogP contribution >= 0.6 is 0 Å². The van der Waals surface area contributed by atoms with E-state index in [1.165, 1.54) is 6.42 Å². The molecule has 2 aliphatic heterocycles. The van der Waals surface area contributed by atoms with E-state index in [-0.39, 0.29) is 17.9 Å². The number of rotatable bonds is 8. The molecule has 158 valence electrons. The lowest BCUT2D eigenvalue weighted by Gasteiger charge is -2.35. The molecule has 2 fully saturated rings. The molecule has 1 atom stereocenters. The minimum absolute atomic E-state index is 0.0643. The second-order valence-electron chi connectivity index (χ2n) is 8.03. The summed E-state index contributed by atoms with van der Waals surface area (Å²) >= 11 is 0. The highest BCUT2D eigenvalue weighted by Gasteiger charge is 2.29. The Morgan fingerprint density at radius 3 is 2.79 bits per heavy atom. The number of unbranched alkanes of at least 4 members (excludes halogenated alkanes) is 1. The van der Waals surface area contributed by atoms with Crippen LogP contribution in [0.1, 0.15) is 56.9 Å². The van der Waals surface area contributed by atoms with E-state index in [9.17, 15) is 9.59 Å². The number of aromatic nitrogens is 1. The molecule has 1 unspecified atom stereocenters. The Morgan fingerprint density at radius 1 is 1.21 bits per heavy atom. The van der Waals surface area contributed by atoms with Crippen LogP contribution in [-0.2, 0) is 14.3 Å². The average Bonchev–Trinajstić information content (AvgIpc) is 2.79. The number of ether oxygens (including phenoxy) is 1. The zero-order valence-electron chi connectivity index (χ0n) is 17.2. The number of hydrogen-bond donors (Lipinski definition) is 1. The van der Waals surface area contributed by atoms with Gasteiger partial charge in [0, 0.05) is 44.7 Å². The molecule has 2 saturated heterocycles. The van der Waals surface area contributed by atoms with E-state index < -0.39 is 0 Å². The Kier molecular flexibility index (Phi) is 8.68. The smallest absolute Gasteiger partial charge is 0.251 e. The van der Waals surface area contributed by atoms with Gasteiger partial charge in [-0.25, -0.2) is 0 Å². The SMILES string of the molecule is O=C(/C=C/c1cccnc1)NCCCCC1CCN(C(=O)C2CCCCO2)CC1. The lowest BCUT2D eigenvalue weighted by atomic mass is 9.91. The summed E-state index contributed by atoms with van der Waals surface area (Å²) in [6, 6.07) is 3.76. The van der Waals surface area contributed by atoms with Crippen LogP contribution in [0.15, 0.2) is 30.6 Å². The molecule has 0 aliphatic carbocycles. The Hall–Kier alpha value is -2.21. The maximum absolute atomic E-state index is 12.5. The van der Waals surface area contributed by atoms with Gasteiger partial charge in [0.2, 0.25) is 5.91 Å². The Balaban J connectivity index is 1.24. The molecular formula is C23H33N3O3. The topological polar surface area (TPSA) is 71.5 Å². The van der Waals surface area contributed by atoms with Crippen molar-refractivity contribution in [2.24, 2.45) is 5.92 Å². The summed E-state index contributed by atoms with van der Waals surface area (Å²) in [5, 5.41) is 2.94. The number of carbonyl (C=O) groups is 2. The van der Waals surface area contributed by atoms with E-state index in [1.54, 1.807) is 24.5 Å². The second kappa shape index (κ2) is 11.7. The first-order valence-electron chi connectivity index (χ1n) is 11.0. The molecule has 1 aromatic rings. The van der Waals surface area contributed by atoms with Gasteiger partial charge in [-0.1, -0.05) is 18.9 Å². The molecule has 3 rings (SSSR count). The van der Waals surface area contributed by atoms with E-state index in [1.807, 2.05) is 17.0 Å². The van der Waals surface area contributed by atoms with Crippen LogP contribution in [0.5, 0.6) is 0 Å². The standard InChI is InChI=1S/C23H33N3O3/c27-22(10-9-20-7-5-13-24-18-20)25-14-3-1-6-19-11-15-26(16-12-19)23(28)21-8-2-4-17-29-21/h5,7,9-10,13,18-19,21H,1-4,6,8,11-12,14-17H2,(H,25,27)/b10-9+. The van der Waals surface area contributed by atoms with Gasteiger partial charge in [-0.15, -0.1) is 0 Å². The molecule has 29 heavy (non-hydrogen) atoms. The molecule has 2 amide bonds. The second-order valence-corrected chi connectivity index (χ2v) is 8.03. The third-order valence-electron chi connectivity index (χ3n) is 5.83. The minimum Gasteiger partial charge on any atom is -0.368 e. The first-order chi connectivity index (χ1) is 14.2. The molecule has 1 aromatic heterocycles. The van der Waals surface area contributed by atoms with Crippen LogP contribution in [0, 0.1) is 5.92 Å². The number of piperidine rings is 1. The first kappa shape index (κ1) is 21.5. The molecule has 1 N–H and O–H groups in total. The Bertz CT molecular complexity index is 663. The van der Waals surface area contributed by atoms with Gasteiger partial charge in [0.25, 0.3) is 5.91 Å². The van der Waals surface area contributed by atoms with E-state index in [0.717, 1.165) is 70.2 Å². The Labute approximate surface area is 173 Å². The van der Waals surface area contributed by atoms with Crippen molar-refractivity contribution in [3.63, 3.8) is 0 Å². The summed E-state index contributed by atoms with van der Waals surface area (Å²) in [5.41, 5.74) is 0.919. The molecule has 6 nitrogen and oxygen atoms in total. The molecular weight excluding hydrogens is 366 g/mol. The average molecular weight is 400 g/mol. The van der Waals surface area contributed by atoms with Crippen molar-refractivity contribution < 1.29 is 14.3 Å². The summed E-state index contributed by atoms with van der Waals surface area (Å²) in [4.78, 5) is 30.4. The quantitative estimate of drug-likeness (QED) is 0.538. The van der Waals surface area contributed by atoms with E-state index in [0.29, 0.717) is 12.5 Å². The van der Waals surface area contributed by atoms with Gasteiger partial charge in [0.1, 0.15) is 6.10 Å². The number of hydrogen-bond acceptors (Lipinski definition) is 4. The maximum atomic E-state index is 12.5. The van der Waals surface area contributed by atoms with E-state index in [4.69, 9.17) is 4.74 Å². The molecule has 0 radical (unpaired) electrons. The van der Waals surface area contributed by atoms with Gasteiger partial charge in [-0.05, 0) is 62.1 Å². The normalized spacial score (nSPS) is 20.7. The van der Waals surface area contributed by atoms with Crippen molar-refractivity contribution in [3.8, 4) is 0 Å². The van der Waals surface area contributed by atoms with Crippen molar-refractivity contribution in [2.45, 2.75) is 57.5 Å². The monoisotopic (exact) mass is 399 g/mol. The summed E-state index contributed by atoms with van der Waals surface area (Å²) in [6.45, 7) is 3.15. The van der Waals surface area contributed by atoms with Crippen molar-refractivity contribution in [1.82, 2.24) is 15.2 Å². The van der Waals surface area contributed by atoms with Crippen molar-refractivity contribution in [2.75, 3.05) is 26.2 Å². The molecule has 2 aliphatic rings. The fraction of sp³-hybridized carbons (Fsp3) is 0.609. The van der Waals surface area contributed by atoms with Crippen LogP contribution in [0.3, 0.4) is 0 Å². The lowest BCUT2D eigenvalue weighted by molar-refractivity contribution is -0.147. The predicted molar refractivity (Wildman–Crippen MR) is 113 cm³/mol. The number of amides is 2. The molecule has 0 spiro atoms. The molecule has 0 bridgehead atoms. The van der Waals surface area contributed by atoms with Gasteiger partial charge < -0.3 is 15.0 Å². The highest BCUT2D eigenvalue weighted by molar-refractivity contribution is 5.91. The number of nitrogens with one attached hydrogen (secondary N) is 1. The van der Waals surface area contributed by atoms with Gasteiger partial charge in [0.15, 0.2) is 0 Å². The van der Waals surface area contributed by atoms with Crippen LogP contribution in [0.2, 0.25) is 0 Å². The maximum Gasteiger partial charge on any atom is 0.251 e. The van der Waals surface area contributed by atoms with Gasteiger partial charge in [-0.2, -0.15) is 0 Å². The zero-order valence-corrected chi connectivity index (χ0v) is 17.2. The fourth-order valence-electron chi connectivity index (χ4n) is 4.06. The predicted octanol–water partition coefficient (Wildman–Crippen LogP) is 3.19. The van der Waals surface area contributed by atoms with Crippen LogP contribution in [0.25, 0.3) is 6.08 Å². The highest BCUT2D eigenvalue weighted by Crippen LogP contribution is 2.24. The molecule has 0 saturated carbocycles. The number of likely N-dealkylation sites (tertiary alicyclic amines) is 1. The third kappa shape index (κ3) is 7.28. The lowest BCUT2D eigenvalue weighted by Crippen LogP contribution is -2.45. The summed E-state index contributed by atoms with van der Waals surface area (Å²) in [6.07, 6.45) is 15.1. The van der Waals surface area contributed by atoms with Crippen molar-refractivity contribution >= 4 is 17.9 Å². The first-order valence-corrected chi connectivity index (χ1v) is 11.0. The number of nitrogens with zero attached hydrogens (tertiary/aromatic N) is 2. The molecule has 0 aromatic carbocycles. The van der Waals surface area contributed by atoms with Gasteiger partial charge in [0.05, 0.1) is 0 Å². The van der Waals surface area contributed by atoms with Crippen molar-refractivity contribution in [3.05, 3.63) is 36.2 Å². The molecule has 3 heterocycles. The number of carbonyl (C=O) groups excluding carboxylic acids is 2. The zero-order chi connectivity index (χ0) is 20.3. The number of pyridine rings is 1. The van der Waals surface area contributed by atoms with Crippen LogP contribution in [-0.4, -0.2) is 54.0 Å². The van der Waals surface area contributed by atoms with E-state index in [2.05, 4.69) is 10.3 Å². The summed E-state index contributed by atoms with van der Waals surface area (Å²) < 4.78 is 5.64. The summed E-state index contributed by atoms with van der Waals surface area (Å²) in [5.74, 6) is 0.823. The van der Waals surface area contributed by atoms with Gasteiger partial charge in [-0.3, -0.25) is 14.6 Å².